The van der Waals surface area contributed by atoms with Crippen molar-refractivity contribution < 1.29 is 0 Å². The molecule has 12 rings (SSSR count). The van der Waals surface area contributed by atoms with Crippen molar-refractivity contribution in [3.8, 4) is 33.6 Å². The highest BCUT2D eigenvalue weighted by atomic mass is 15.0. The van der Waals surface area contributed by atoms with Crippen LogP contribution in [0.25, 0.3) is 98.8 Å². The van der Waals surface area contributed by atoms with E-state index < -0.39 is 0 Å². The highest BCUT2D eigenvalue weighted by molar-refractivity contribution is 6.15. The zero-order valence-electron chi connectivity index (χ0n) is 30.7. The SMILES string of the molecule is CC1(C)c2ccccc2-c2ccc3c4cc(-c5ccc6c(c5)c5ccccc5n6-c5ccc6ccccc6c5)ccc4n(-c4ccc5ccccc5c4)c3c21. The van der Waals surface area contributed by atoms with Gasteiger partial charge in [-0.1, -0.05) is 141 Å². The summed E-state index contributed by atoms with van der Waals surface area (Å²) in [5.74, 6) is 0. The van der Waals surface area contributed by atoms with E-state index in [1.165, 1.54) is 110 Å². The second kappa shape index (κ2) is 11.1. The third kappa shape index (κ3) is 4.25. The summed E-state index contributed by atoms with van der Waals surface area (Å²) in [4.78, 5) is 0. The molecule has 0 N–H and O–H groups in total. The molecule has 2 nitrogen and oxygen atoms in total. The lowest BCUT2D eigenvalue weighted by molar-refractivity contribution is 0.664. The van der Waals surface area contributed by atoms with Gasteiger partial charge in [0.15, 0.2) is 0 Å². The standard InChI is InChI=1S/C53H36N2/c1-53(2)47-17-9-7-15-41(47)43-25-26-44-46-32-38(22-28-50(46)55(52(44)51(43)53)40-24-20-34-12-4-6-14-36(34)30-40)37-21-27-49-45(31-37)42-16-8-10-18-48(42)54(49)39-23-19-33-11-3-5-13-35(33)29-39/h3-32H,1-2H3. The Kier molecular flexibility index (Phi) is 6.15. The number of hydrogen-bond acceptors (Lipinski definition) is 0. The summed E-state index contributed by atoms with van der Waals surface area (Å²) >= 11 is 0. The van der Waals surface area contributed by atoms with Crippen LogP contribution in [0.5, 0.6) is 0 Å². The van der Waals surface area contributed by atoms with E-state index >= 15 is 0 Å². The van der Waals surface area contributed by atoms with Gasteiger partial charge in [0, 0.05) is 38.3 Å². The summed E-state index contributed by atoms with van der Waals surface area (Å²) in [7, 11) is 0. The van der Waals surface area contributed by atoms with Crippen LogP contribution in [-0.2, 0) is 5.41 Å². The van der Waals surface area contributed by atoms with Crippen molar-refractivity contribution >= 4 is 65.2 Å². The van der Waals surface area contributed by atoms with Crippen molar-refractivity contribution in [1.82, 2.24) is 9.13 Å². The Morgan fingerprint density at radius 3 is 1.62 bits per heavy atom. The minimum atomic E-state index is -0.151. The van der Waals surface area contributed by atoms with E-state index in [9.17, 15) is 0 Å². The van der Waals surface area contributed by atoms with Crippen molar-refractivity contribution in [2.45, 2.75) is 19.3 Å². The number of para-hydroxylation sites is 1. The lowest BCUT2D eigenvalue weighted by Gasteiger charge is -2.23. The minimum Gasteiger partial charge on any atom is -0.309 e. The first-order valence-electron chi connectivity index (χ1n) is 19.3. The van der Waals surface area contributed by atoms with Crippen LogP contribution in [0.3, 0.4) is 0 Å². The van der Waals surface area contributed by atoms with Gasteiger partial charge in [-0.25, -0.2) is 0 Å². The van der Waals surface area contributed by atoms with Crippen LogP contribution in [0.15, 0.2) is 182 Å². The van der Waals surface area contributed by atoms with Crippen LogP contribution < -0.4 is 0 Å². The van der Waals surface area contributed by atoms with E-state index in [1.54, 1.807) is 0 Å². The zero-order chi connectivity index (χ0) is 36.4. The van der Waals surface area contributed by atoms with Gasteiger partial charge in [0.05, 0.1) is 22.1 Å². The Morgan fingerprint density at radius 1 is 0.364 bits per heavy atom. The number of aromatic nitrogens is 2. The highest BCUT2D eigenvalue weighted by Gasteiger charge is 2.38. The molecule has 11 aromatic rings. The Morgan fingerprint density at radius 2 is 0.909 bits per heavy atom. The Labute approximate surface area is 319 Å². The number of nitrogens with zero attached hydrogens (tertiary/aromatic N) is 2. The number of benzene rings is 9. The zero-order valence-corrected chi connectivity index (χ0v) is 30.7. The molecule has 0 atom stereocenters. The molecule has 0 bridgehead atoms. The summed E-state index contributed by atoms with van der Waals surface area (Å²) in [5.41, 5.74) is 15.1. The van der Waals surface area contributed by atoms with Crippen molar-refractivity contribution in [1.29, 1.82) is 0 Å². The molecule has 55 heavy (non-hydrogen) atoms. The van der Waals surface area contributed by atoms with E-state index in [1.807, 2.05) is 0 Å². The molecule has 1 aliphatic rings. The summed E-state index contributed by atoms with van der Waals surface area (Å²) in [6, 6.07) is 67.7. The van der Waals surface area contributed by atoms with Crippen molar-refractivity contribution in [3.05, 3.63) is 193 Å². The van der Waals surface area contributed by atoms with Gasteiger partial charge in [0.25, 0.3) is 0 Å². The molecule has 0 unspecified atom stereocenters. The molecule has 2 aromatic heterocycles. The molecule has 0 radical (unpaired) electrons. The van der Waals surface area contributed by atoms with Crippen LogP contribution in [0.1, 0.15) is 25.0 Å². The highest BCUT2D eigenvalue weighted by Crippen LogP contribution is 2.53. The Hall–Kier alpha value is -6.90. The number of fused-ring (bicyclic) bond motifs is 12. The maximum Gasteiger partial charge on any atom is 0.0588 e. The first kappa shape index (κ1) is 30.6. The lowest BCUT2D eigenvalue weighted by Crippen LogP contribution is -2.16. The molecular formula is C53H36N2. The monoisotopic (exact) mass is 700 g/mol. The van der Waals surface area contributed by atoms with Gasteiger partial charge in [-0.3, -0.25) is 0 Å². The van der Waals surface area contributed by atoms with Gasteiger partial charge in [-0.15, -0.1) is 0 Å². The first-order valence-corrected chi connectivity index (χ1v) is 19.3. The molecule has 2 heteroatoms. The fourth-order valence-corrected chi connectivity index (χ4v) is 9.87. The molecule has 1 aliphatic carbocycles. The van der Waals surface area contributed by atoms with Gasteiger partial charge in [-0.05, 0) is 110 Å². The summed E-state index contributed by atoms with van der Waals surface area (Å²) < 4.78 is 4.95. The summed E-state index contributed by atoms with van der Waals surface area (Å²) in [5, 5.41) is 10.1. The average molecular weight is 701 g/mol. The molecule has 2 heterocycles. The Balaban J connectivity index is 1.10. The molecule has 0 aliphatic heterocycles. The molecule has 0 amide bonds. The molecule has 0 fully saturated rings. The molecule has 0 saturated heterocycles. The van der Waals surface area contributed by atoms with Gasteiger partial charge >= 0.3 is 0 Å². The van der Waals surface area contributed by atoms with E-state index in [4.69, 9.17) is 0 Å². The van der Waals surface area contributed by atoms with Crippen molar-refractivity contribution in [2.75, 3.05) is 0 Å². The van der Waals surface area contributed by atoms with Crippen LogP contribution in [0.2, 0.25) is 0 Å². The topological polar surface area (TPSA) is 9.86 Å². The predicted octanol–water partition coefficient (Wildman–Crippen LogP) is 14.2. The van der Waals surface area contributed by atoms with Crippen LogP contribution >= 0.6 is 0 Å². The average Bonchev–Trinajstić information content (AvgIpc) is 3.83. The van der Waals surface area contributed by atoms with Gasteiger partial charge < -0.3 is 9.13 Å². The van der Waals surface area contributed by atoms with Gasteiger partial charge in [-0.2, -0.15) is 0 Å². The van der Waals surface area contributed by atoms with E-state index in [0.717, 1.165) is 0 Å². The largest absolute Gasteiger partial charge is 0.309 e. The lowest BCUT2D eigenvalue weighted by atomic mass is 9.81. The summed E-state index contributed by atoms with van der Waals surface area (Å²) in [6.45, 7) is 4.79. The van der Waals surface area contributed by atoms with Crippen LogP contribution in [0, 0.1) is 0 Å². The smallest absolute Gasteiger partial charge is 0.0588 e. The fraction of sp³-hybridized carbons (Fsp3) is 0.0566. The van der Waals surface area contributed by atoms with Gasteiger partial charge in [0.1, 0.15) is 0 Å². The number of hydrogen-bond donors (Lipinski definition) is 0. The third-order valence-corrected chi connectivity index (χ3v) is 12.4. The van der Waals surface area contributed by atoms with Crippen molar-refractivity contribution in [2.24, 2.45) is 0 Å². The molecule has 0 saturated carbocycles. The normalized spacial score (nSPS) is 13.4. The third-order valence-electron chi connectivity index (χ3n) is 12.4. The molecular weight excluding hydrogens is 665 g/mol. The van der Waals surface area contributed by atoms with Crippen molar-refractivity contribution in [3.63, 3.8) is 0 Å². The Bertz CT molecular complexity index is 3410. The van der Waals surface area contributed by atoms with Crippen LogP contribution in [0.4, 0.5) is 0 Å². The van der Waals surface area contributed by atoms with E-state index in [2.05, 4.69) is 205 Å². The second-order valence-electron chi connectivity index (χ2n) is 15.8. The first-order chi connectivity index (χ1) is 27.0. The molecule has 258 valence electrons. The summed E-state index contributed by atoms with van der Waals surface area (Å²) in [6.07, 6.45) is 0. The quantitative estimate of drug-likeness (QED) is 0.174. The van der Waals surface area contributed by atoms with E-state index in [-0.39, 0.29) is 5.41 Å². The van der Waals surface area contributed by atoms with Gasteiger partial charge in [0.2, 0.25) is 0 Å². The molecule has 0 spiro atoms. The molecule has 9 aromatic carbocycles. The van der Waals surface area contributed by atoms with Crippen LogP contribution in [-0.4, -0.2) is 9.13 Å². The second-order valence-corrected chi connectivity index (χ2v) is 15.8. The predicted molar refractivity (Wildman–Crippen MR) is 233 cm³/mol. The fourth-order valence-electron chi connectivity index (χ4n) is 9.87. The maximum absolute atomic E-state index is 2.54. The number of rotatable bonds is 3. The maximum atomic E-state index is 2.54. The minimum absolute atomic E-state index is 0.151. The van der Waals surface area contributed by atoms with E-state index in [0.29, 0.717) is 0 Å².